The third kappa shape index (κ3) is 2.05. The van der Waals surface area contributed by atoms with Crippen LogP contribution in [0.1, 0.15) is 0 Å². The summed E-state index contributed by atoms with van der Waals surface area (Å²) in [6.07, 6.45) is 0. The van der Waals surface area contributed by atoms with Crippen molar-refractivity contribution in [2.45, 2.75) is 0 Å². The molecule has 4 N–H and O–H groups in total. The van der Waals surface area contributed by atoms with Crippen LogP contribution in [0.25, 0.3) is 11.1 Å². The summed E-state index contributed by atoms with van der Waals surface area (Å²) in [4.78, 5) is 0. The van der Waals surface area contributed by atoms with Gasteiger partial charge in [0.25, 0.3) is 0 Å². The van der Waals surface area contributed by atoms with Crippen LogP contribution in [0.15, 0.2) is 42.5 Å². The van der Waals surface area contributed by atoms with Gasteiger partial charge in [0.1, 0.15) is 0 Å². The lowest BCUT2D eigenvalue weighted by molar-refractivity contribution is 1.60. The molecule has 0 heterocycles. The molecule has 15 heavy (non-hydrogen) atoms. The summed E-state index contributed by atoms with van der Waals surface area (Å²) in [5.74, 6) is 0. The number of benzene rings is 2. The fourth-order valence-electron chi connectivity index (χ4n) is 1.47. The van der Waals surface area contributed by atoms with Crippen LogP contribution in [-0.2, 0) is 0 Å². The van der Waals surface area contributed by atoms with Gasteiger partial charge in [0, 0.05) is 22.0 Å². The van der Waals surface area contributed by atoms with Crippen LogP contribution in [0.4, 0.5) is 11.4 Å². The van der Waals surface area contributed by atoms with Crippen LogP contribution in [0, 0.1) is 0 Å². The third-order valence-corrected chi connectivity index (χ3v) is 2.48. The van der Waals surface area contributed by atoms with Gasteiger partial charge in [-0.25, -0.2) is 0 Å². The van der Waals surface area contributed by atoms with Gasteiger partial charge in [-0.05, 0) is 29.8 Å². The van der Waals surface area contributed by atoms with E-state index in [9.17, 15) is 0 Å². The molecule has 0 aliphatic rings. The molecular weight excluding hydrogens is 208 g/mol. The Labute approximate surface area is 93.5 Å². The first-order valence-corrected chi connectivity index (χ1v) is 4.95. The molecular formula is C12H11ClN2. The summed E-state index contributed by atoms with van der Waals surface area (Å²) in [6, 6.07) is 13.0. The minimum Gasteiger partial charge on any atom is -0.399 e. The molecule has 0 bridgehead atoms. The molecule has 0 saturated heterocycles. The van der Waals surface area contributed by atoms with Gasteiger partial charge in [-0.2, -0.15) is 0 Å². The maximum atomic E-state index is 5.88. The highest BCUT2D eigenvalue weighted by molar-refractivity contribution is 6.30. The SMILES string of the molecule is Nc1ccc(-c2ccc(Cl)cc2)c(N)c1. The molecule has 0 aromatic heterocycles. The first-order valence-electron chi connectivity index (χ1n) is 4.58. The number of rotatable bonds is 1. The van der Waals surface area contributed by atoms with Gasteiger partial charge in [-0.1, -0.05) is 29.8 Å². The molecule has 2 rings (SSSR count). The highest BCUT2D eigenvalue weighted by Gasteiger charge is 2.02. The molecule has 0 amide bonds. The summed E-state index contributed by atoms with van der Waals surface area (Å²) in [6.45, 7) is 0. The lowest BCUT2D eigenvalue weighted by Gasteiger charge is -2.06. The Morgan fingerprint density at radius 1 is 0.867 bits per heavy atom. The number of nitrogens with two attached hydrogens (primary N) is 2. The first kappa shape index (κ1) is 9.87. The topological polar surface area (TPSA) is 52.0 Å². The normalized spacial score (nSPS) is 10.2. The summed E-state index contributed by atoms with van der Waals surface area (Å²) in [5.41, 5.74) is 14.9. The third-order valence-electron chi connectivity index (χ3n) is 2.23. The van der Waals surface area contributed by atoms with E-state index in [-0.39, 0.29) is 0 Å². The zero-order chi connectivity index (χ0) is 10.8. The molecule has 3 heteroatoms. The van der Waals surface area contributed by atoms with Gasteiger partial charge in [0.05, 0.1) is 0 Å². The molecule has 0 fully saturated rings. The van der Waals surface area contributed by atoms with E-state index in [1.54, 1.807) is 6.07 Å². The second-order valence-electron chi connectivity index (χ2n) is 3.35. The van der Waals surface area contributed by atoms with Crippen LogP contribution in [0.3, 0.4) is 0 Å². The molecule has 2 aromatic carbocycles. The summed E-state index contributed by atoms with van der Waals surface area (Å²) in [5, 5.41) is 0.716. The quantitative estimate of drug-likeness (QED) is 0.723. The Balaban J connectivity index is 2.49. The molecule has 0 saturated carbocycles. The van der Waals surface area contributed by atoms with Gasteiger partial charge in [-0.15, -0.1) is 0 Å². The van der Waals surface area contributed by atoms with Crippen LogP contribution in [0.2, 0.25) is 5.02 Å². The second-order valence-corrected chi connectivity index (χ2v) is 3.79. The van der Waals surface area contributed by atoms with Crippen molar-refractivity contribution in [3.63, 3.8) is 0 Å². The van der Waals surface area contributed by atoms with Crippen molar-refractivity contribution in [2.24, 2.45) is 0 Å². The van der Waals surface area contributed by atoms with Crippen LogP contribution in [-0.4, -0.2) is 0 Å². The van der Waals surface area contributed by atoms with Crippen LogP contribution in [0.5, 0.6) is 0 Å². The molecule has 0 atom stereocenters. The number of hydrogen-bond donors (Lipinski definition) is 2. The van der Waals surface area contributed by atoms with E-state index in [2.05, 4.69) is 0 Å². The predicted molar refractivity (Wildman–Crippen MR) is 65.7 cm³/mol. The average molecular weight is 219 g/mol. The second kappa shape index (κ2) is 3.83. The largest absolute Gasteiger partial charge is 0.399 e. The number of anilines is 2. The zero-order valence-electron chi connectivity index (χ0n) is 8.07. The standard InChI is InChI=1S/C12H11ClN2/c13-9-3-1-8(2-4-9)11-6-5-10(14)7-12(11)15/h1-7H,14-15H2. The summed E-state index contributed by atoms with van der Waals surface area (Å²) >= 11 is 5.81. The monoisotopic (exact) mass is 218 g/mol. The minimum atomic E-state index is 0.671. The van der Waals surface area contributed by atoms with Gasteiger partial charge >= 0.3 is 0 Å². The van der Waals surface area contributed by atoms with E-state index < -0.39 is 0 Å². The molecule has 0 radical (unpaired) electrons. The van der Waals surface area contributed by atoms with Crippen molar-refractivity contribution in [3.8, 4) is 11.1 Å². The Bertz CT molecular complexity index is 477. The van der Waals surface area contributed by atoms with E-state index in [0.717, 1.165) is 11.1 Å². The van der Waals surface area contributed by atoms with Crippen molar-refractivity contribution in [1.82, 2.24) is 0 Å². The molecule has 0 unspecified atom stereocenters. The van der Waals surface area contributed by atoms with E-state index >= 15 is 0 Å². The smallest absolute Gasteiger partial charge is 0.0414 e. The Morgan fingerprint density at radius 2 is 1.53 bits per heavy atom. The van der Waals surface area contributed by atoms with E-state index in [1.807, 2.05) is 36.4 Å². The van der Waals surface area contributed by atoms with E-state index in [4.69, 9.17) is 23.1 Å². The number of nitrogen functional groups attached to an aromatic ring is 2. The van der Waals surface area contributed by atoms with Crippen molar-refractivity contribution >= 4 is 23.0 Å². The predicted octanol–water partition coefficient (Wildman–Crippen LogP) is 3.17. The fourth-order valence-corrected chi connectivity index (χ4v) is 1.60. The minimum absolute atomic E-state index is 0.671. The molecule has 0 aliphatic heterocycles. The zero-order valence-corrected chi connectivity index (χ0v) is 8.83. The number of hydrogen-bond acceptors (Lipinski definition) is 2. The van der Waals surface area contributed by atoms with Crippen LogP contribution >= 0.6 is 11.6 Å². The van der Waals surface area contributed by atoms with Crippen LogP contribution < -0.4 is 11.5 Å². The van der Waals surface area contributed by atoms with Gasteiger partial charge in [0.15, 0.2) is 0 Å². The average Bonchev–Trinajstić information content (AvgIpc) is 2.20. The van der Waals surface area contributed by atoms with Crippen molar-refractivity contribution < 1.29 is 0 Å². The Morgan fingerprint density at radius 3 is 2.13 bits per heavy atom. The fraction of sp³-hybridized carbons (Fsp3) is 0. The summed E-state index contributed by atoms with van der Waals surface area (Å²) in [7, 11) is 0. The number of halogens is 1. The summed E-state index contributed by atoms with van der Waals surface area (Å²) < 4.78 is 0. The lowest BCUT2D eigenvalue weighted by Crippen LogP contribution is -1.92. The van der Waals surface area contributed by atoms with Crippen molar-refractivity contribution in [1.29, 1.82) is 0 Å². The molecule has 0 aliphatic carbocycles. The Hall–Kier alpha value is -1.67. The maximum absolute atomic E-state index is 5.88. The van der Waals surface area contributed by atoms with E-state index in [0.29, 0.717) is 16.4 Å². The lowest BCUT2D eigenvalue weighted by atomic mass is 10.0. The molecule has 2 nitrogen and oxygen atoms in total. The molecule has 0 spiro atoms. The molecule has 76 valence electrons. The van der Waals surface area contributed by atoms with Gasteiger partial charge in [-0.3, -0.25) is 0 Å². The highest BCUT2D eigenvalue weighted by Crippen LogP contribution is 2.28. The van der Waals surface area contributed by atoms with Gasteiger partial charge < -0.3 is 11.5 Å². The van der Waals surface area contributed by atoms with Gasteiger partial charge in [0.2, 0.25) is 0 Å². The maximum Gasteiger partial charge on any atom is 0.0414 e. The highest BCUT2D eigenvalue weighted by atomic mass is 35.5. The van der Waals surface area contributed by atoms with E-state index in [1.165, 1.54) is 0 Å². The Kier molecular flexibility index (Phi) is 2.52. The first-order chi connectivity index (χ1) is 7.16. The molecule has 2 aromatic rings. The van der Waals surface area contributed by atoms with Crippen molar-refractivity contribution in [2.75, 3.05) is 11.5 Å². The van der Waals surface area contributed by atoms with Crippen molar-refractivity contribution in [3.05, 3.63) is 47.5 Å².